The zero-order valence-corrected chi connectivity index (χ0v) is 7.73. The first-order valence-electron chi connectivity index (χ1n) is 4.89. The minimum absolute atomic E-state index is 0.0495. The third-order valence-electron chi connectivity index (χ3n) is 2.90. The highest BCUT2D eigenvalue weighted by molar-refractivity contribution is 5.48. The Labute approximate surface area is 81.9 Å². The lowest BCUT2D eigenvalue weighted by Gasteiger charge is -2.16. The molecule has 14 heavy (non-hydrogen) atoms. The molecule has 0 bridgehead atoms. The van der Waals surface area contributed by atoms with E-state index < -0.39 is 5.79 Å². The second-order valence-corrected chi connectivity index (χ2v) is 4.10. The Hall–Kier alpha value is -1.06. The van der Waals surface area contributed by atoms with Gasteiger partial charge in [0.15, 0.2) is 0 Å². The van der Waals surface area contributed by atoms with Gasteiger partial charge >= 0.3 is 0 Å². The van der Waals surface area contributed by atoms with E-state index in [0.29, 0.717) is 17.2 Å². The second-order valence-electron chi connectivity index (χ2n) is 4.10. The molecule has 0 saturated heterocycles. The number of aliphatic hydroxyl groups is 2. The highest BCUT2D eigenvalue weighted by atomic mass is 16.6. The number of hydrogen-bond acceptors (Lipinski definition) is 3. The van der Waals surface area contributed by atoms with E-state index in [9.17, 15) is 10.2 Å². The van der Waals surface area contributed by atoms with Gasteiger partial charge in [-0.2, -0.15) is 0 Å². The second kappa shape index (κ2) is 2.49. The molecule has 0 radical (unpaired) electrons. The number of benzene rings is 1. The van der Waals surface area contributed by atoms with Crippen LogP contribution in [0, 0.1) is 0 Å². The van der Waals surface area contributed by atoms with Gasteiger partial charge in [0, 0.05) is 0 Å². The standard InChI is InChI=1S/C11H12O3/c12-11(13)6-14-9-3-1-2-8(10(9)11)7-4-5-7/h1-3,7,12-13H,4-6H2. The third-order valence-corrected chi connectivity index (χ3v) is 2.90. The Morgan fingerprint density at radius 3 is 2.79 bits per heavy atom. The van der Waals surface area contributed by atoms with Crippen LogP contribution in [0.3, 0.4) is 0 Å². The monoisotopic (exact) mass is 192 g/mol. The Balaban J connectivity index is 2.18. The SMILES string of the molecule is OC1(O)COc2cccc(C3CC3)c21. The van der Waals surface area contributed by atoms with Crippen molar-refractivity contribution in [2.24, 2.45) is 0 Å². The van der Waals surface area contributed by atoms with Crippen LogP contribution in [0.1, 0.15) is 29.9 Å². The maximum absolute atomic E-state index is 9.73. The fourth-order valence-electron chi connectivity index (χ4n) is 2.08. The summed E-state index contributed by atoms with van der Waals surface area (Å²) < 4.78 is 5.23. The molecule has 3 heteroatoms. The molecule has 74 valence electrons. The first-order chi connectivity index (χ1) is 6.68. The maximum Gasteiger partial charge on any atom is 0.229 e. The highest BCUT2D eigenvalue weighted by Crippen LogP contribution is 2.48. The van der Waals surface area contributed by atoms with E-state index >= 15 is 0 Å². The van der Waals surface area contributed by atoms with Crippen molar-refractivity contribution in [1.82, 2.24) is 0 Å². The van der Waals surface area contributed by atoms with Crippen molar-refractivity contribution in [3.63, 3.8) is 0 Å². The van der Waals surface area contributed by atoms with Crippen molar-refractivity contribution in [1.29, 1.82) is 0 Å². The fraction of sp³-hybridized carbons (Fsp3) is 0.455. The molecule has 1 aromatic rings. The van der Waals surface area contributed by atoms with Gasteiger partial charge in [0.05, 0.1) is 5.56 Å². The summed E-state index contributed by atoms with van der Waals surface area (Å²) in [6.45, 7) is -0.0495. The summed E-state index contributed by atoms with van der Waals surface area (Å²) in [6.07, 6.45) is 2.29. The molecule has 1 saturated carbocycles. The van der Waals surface area contributed by atoms with Crippen molar-refractivity contribution >= 4 is 0 Å². The normalized spacial score (nSPS) is 23.0. The van der Waals surface area contributed by atoms with E-state index in [4.69, 9.17) is 4.74 Å². The van der Waals surface area contributed by atoms with Crippen LogP contribution in [0.15, 0.2) is 18.2 Å². The third kappa shape index (κ3) is 1.06. The molecule has 0 unspecified atom stereocenters. The number of hydrogen-bond donors (Lipinski definition) is 2. The van der Waals surface area contributed by atoms with Crippen molar-refractivity contribution in [3.8, 4) is 5.75 Å². The molecule has 1 aliphatic heterocycles. The molecule has 1 heterocycles. The zero-order valence-electron chi connectivity index (χ0n) is 7.73. The van der Waals surface area contributed by atoms with Gasteiger partial charge in [-0.05, 0) is 30.4 Å². The van der Waals surface area contributed by atoms with E-state index in [-0.39, 0.29) is 6.61 Å². The Kier molecular flexibility index (Phi) is 1.47. The summed E-state index contributed by atoms with van der Waals surface area (Å²) in [4.78, 5) is 0. The van der Waals surface area contributed by atoms with Crippen LogP contribution >= 0.6 is 0 Å². The van der Waals surface area contributed by atoms with Crippen LogP contribution in [0.5, 0.6) is 5.75 Å². The minimum Gasteiger partial charge on any atom is -0.487 e. The van der Waals surface area contributed by atoms with E-state index in [1.807, 2.05) is 12.1 Å². The van der Waals surface area contributed by atoms with Gasteiger partial charge in [-0.15, -0.1) is 0 Å². The highest BCUT2D eigenvalue weighted by Gasteiger charge is 2.41. The van der Waals surface area contributed by atoms with Gasteiger partial charge in [-0.3, -0.25) is 0 Å². The molecular weight excluding hydrogens is 180 g/mol. The van der Waals surface area contributed by atoms with Crippen LogP contribution < -0.4 is 4.74 Å². The summed E-state index contributed by atoms with van der Waals surface area (Å²) in [5.74, 6) is -0.654. The predicted octanol–water partition coefficient (Wildman–Crippen LogP) is 1.09. The molecule has 1 fully saturated rings. The van der Waals surface area contributed by atoms with E-state index in [0.717, 1.165) is 18.4 Å². The Morgan fingerprint density at radius 1 is 1.29 bits per heavy atom. The quantitative estimate of drug-likeness (QED) is 0.655. The number of rotatable bonds is 1. The van der Waals surface area contributed by atoms with Crippen LogP contribution in [0.2, 0.25) is 0 Å². The lowest BCUT2D eigenvalue weighted by atomic mass is 9.97. The molecule has 0 aromatic heterocycles. The van der Waals surface area contributed by atoms with Gasteiger partial charge < -0.3 is 14.9 Å². The van der Waals surface area contributed by atoms with Crippen LogP contribution in [0.4, 0.5) is 0 Å². The van der Waals surface area contributed by atoms with E-state index in [1.54, 1.807) is 6.07 Å². The van der Waals surface area contributed by atoms with Crippen molar-refractivity contribution < 1.29 is 14.9 Å². The minimum atomic E-state index is -1.78. The molecule has 3 rings (SSSR count). The van der Waals surface area contributed by atoms with Crippen molar-refractivity contribution in [2.75, 3.05) is 6.61 Å². The van der Waals surface area contributed by atoms with Gasteiger partial charge in [0.1, 0.15) is 12.4 Å². The summed E-state index contributed by atoms with van der Waals surface area (Å²) in [7, 11) is 0. The smallest absolute Gasteiger partial charge is 0.229 e. The lowest BCUT2D eigenvalue weighted by molar-refractivity contribution is -0.174. The molecule has 0 atom stereocenters. The summed E-state index contributed by atoms with van der Waals surface area (Å²) in [5, 5.41) is 19.5. The van der Waals surface area contributed by atoms with Gasteiger partial charge in [0.2, 0.25) is 5.79 Å². The van der Waals surface area contributed by atoms with Crippen molar-refractivity contribution in [2.45, 2.75) is 24.5 Å². The zero-order chi connectivity index (χ0) is 9.76. The summed E-state index contributed by atoms with van der Waals surface area (Å²) in [6, 6.07) is 5.66. The van der Waals surface area contributed by atoms with Crippen LogP contribution in [0.25, 0.3) is 0 Å². The Bertz CT molecular complexity index is 380. The van der Waals surface area contributed by atoms with E-state index in [1.165, 1.54) is 0 Å². The molecule has 0 amide bonds. The van der Waals surface area contributed by atoms with Gasteiger partial charge in [-0.25, -0.2) is 0 Å². The predicted molar refractivity (Wildman–Crippen MR) is 50.0 cm³/mol. The molecule has 0 spiro atoms. The molecular formula is C11H12O3. The summed E-state index contributed by atoms with van der Waals surface area (Å²) >= 11 is 0. The van der Waals surface area contributed by atoms with Crippen LogP contribution in [-0.4, -0.2) is 16.8 Å². The van der Waals surface area contributed by atoms with Crippen LogP contribution in [-0.2, 0) is 5.79 Å². The fourth-order valence-corrected chi connectivity index (χ4v) is 2.08. The number of ether oxygens (including phenoxy) is 1. The van der Waals surface area contributed by atoms with Gasteiger partial charge in [0.25, 0.3) is 0 Å². The topological polar surface area (TPSA) is 49.7 Å². The van der Waals surface area contributed by atoms with E-state index in [2.05, 4.69) is 0 Å². The summed E-state index contributed by atoms with van der Waals surface area (Å²) in [5.41, 5.74) is 1.63. The molecule has 3 nitrogen and oxygen atoms in total. The molecule has 2 aliphatic rings. The first kappa shape index (κ1) is 8.26. The molecule has 2 N–H and O–H groups in total. The molecule has 1 aliphatic carbocycles. The maximum atomic E-state index is 9.73. The Morgan fingerprint density at radius 2 is 2.07 bits per heavy atom. The first-order valence-corrected chi connectivity index (χ1v) is 4.89. The van der Waals surface area contributed by atoms with Crippen molar-refractivity contribution in [3.05, 3.63) is 29.3 Å². The molecule has 1 aromatic carbocycles. The largest absolute Gasteiger partial charge is 0.487 e. The average Bonchev–Trinajstić information content (AvgIpc) is 2.93. The lowest BCUT2D eigenvalue weighted by Crippen LogP contribution is -2.27. The average molecular weight is 192 g/mol. The van der Waals surface area contributed by atoms with Gasteiger partial charge in [-0.1, -0.05) is 12.1 Å². The number of fused-ring (bicyclic) bond motifs is 1.